The Morgan fingerprint density at radius 2 is 1.40 bits per heavy atom. The molecule has 0 amide bonds. The van der Waals surface area contributed by atoms with Crippen LogP contribution < -0.4 is 0 Å². The minimum absolute atomic E-state index is 0.000519. The number of para-hydroxylation sites is 1. The van der Waals surface area contributed by atoms with Crippen LogP contribution in [0.25, 0.3) is 71.9 Å². The molecule has 0 bridgehead atoms. The summed E-state index contributed by atoms with van der Waals surface area (Å²) in [5, 5.41) is 6.40. The molecule has 0 saturated carbocycles. The van der Waals surface area contributed by atoms with Crippen LogP contribution in [-0.2, 0) is 5.41 Å². The van der Waals surface area contributed by atoms with Gasteiger partial charge in [-0.3, -0.25) is 0 Å². The van der Waals surface area contributed by atoms with Crippen molar-refractivity contribution in [3.63, 3.8) is 0 Å². The molecule has 2 aromatic heterocycles. The maximum absolute atomic E-state index is 3.63. The van der Waals surface area contributed by atoms with Crippen LogP contribution in [0.3, 0.4) is 0 Å². The minimum Gasteiger partial charge on any atom is -0.358 e. The third-order valence-corrected chi connectivity index (χ3v) is 10.2. The lowest BCUT2D eigenvalue weighted by Gasteiger charge is -2.21. The first-order chi connectivity index (χ1) is 21.9. The molecule has 1 aliphatic carbocycles. The van der Waals surface area contributed by atoms with E-state index in [9.17, 15) is 0 Å². The molecule has 0 atom stereocenters. The lowest BCUT2D eigenvalue weighted by Crippen LogP contribution is -2.14. The van der Waals surface area contributed by atoms with Gasteiger partial charge in [-0.1, -0.05) is 98.8 Å². The third-order valence-electron chi connectivity index (χ3n) is 10.2. The molecule has 6 aromatic carbocycles. The molecule has 1 aliphatic rings. The van der Waals surface area contributed by atoms with Gasteiger partial charge in [-0.15, -0.1) is 0 Å². The zero-order valence-corrected chi connectivity index (χ0v) is 26.1. The maximum Gasteiger partial charge on any atom is 0.0541 e. The summed E-state index contributed by atoms with van der Waals surface area (Å²) in [7, 11) is 0. The standard InChI is InChI=1S/C43H34N2/c1-26(23-34-27(2)44-39-21-17-28-11-5-6-12-31(28)42(34)39)29-18-22-41-36(24-29)33-14-8-10-16-40(33)45(41)30-19-20-38-35(25-30)32-13-7-9-15-37(32)43(38,3)4/h5-25,44H,1-4H3/b26-23+. The Morgan fingerprint density at radius 1 is 0.667 bits per heavy atom. The second kappa shape index (κ2) is 9.33. The summed E-state index contributed by atoms with van der Waals surface area (Å²) in [4.78, 5) is 3.63. The zero-order chi connectivity index (χ0) is 30.4. The SMILES string of the molecule is C/C(=C\c1c(C)[nH]c2ccc3ccccc3c12)c1ccc2c(c1)c1ccccc1n2-c1ccc2c(c1)-c1ccccc1C2(C)C. The van der Waals surface area contributed by atoms with Crippen molar-refractivity contribution in [3.8, 4) is 16.8 Å². The van der Waals surface area contributed by atoms with Gasteiger partial charge >= 0.3 is 0 Å². The number of hydrogen-bond acceptors (Lipinski definition) is 0. The lowest BCUT2D eigenvalue weighted by molar-refractivity contribution is 0.660. The Labute approximate surface area is 263 Å². The highest BCUT2D eigenvalue weighted by Gasteiger charge is 2.35. The molecule has 2 heteroatoms. The molecular formula is C43H34N2. The van der Waals surface area contributed by atoms with Crippen LogP contribution in [0, 0.1) is 6.92 Å². The molecule has 0 spiro atoms. The number of benzene rings is 6. The van der Waals surface area contributed by atoms with Crippen molar-refractivity contribution >= 4 is 55.1 Å². The number of nitrogens with one attached hydrogen (secondary N) is 1. The van der Waals surface area contributed by atoms with Gasteiger partial charge in [0.1, 0.15) is 0 Å². The van der Waals surface area contributed by atoms with Crippen LogP contribution in [0.5, 0.6) is 0 Å². The predicted molar refractivity (Wildman–Crippen MR) is 192 cm³/mol. The summed E-state index contributed by atoms with van der Waals surface area (Å²) in [6.45, 7) is 9.11. The van der Waals surface area contributed by atoms with Crippen molar-refractivity contribution in [3.05, 3.63) is 149 Å². The van der Waals surface area contributed by atoms with E-state index in [4.69, 9.17) is 0 Å². The lowest BCUT2D eigenvalue weighted by atomic mass is 9.82. The normalized spacial score (nSPS) is 14.1. The van der Waals surface area contributed by atoms with Gasteiger partial charge < -0.3 is 9.55 Å². The van der Waals surface area contributed by atoms with Crippen molar-refractivity contribution < 1.29 is 0 Å². The molecule has 0 unspecified atom stereocenters. The second-order valence-electron chi connectivity index (χ2n) is 13.2. The Hall–Kier alpha value is -5.34. The van der Waals surface area contributed by atoms with Crippen LogP contribution in [0.15, 0.2) is 121 Å². The van der Waals surface area contributed by atoms with Crippen molar-refractivity contribution in [1.29, 1.82) is 0 Å². The van der Waals surface area contributed by atoms with Crippen molar-refractivity contribution in [2.24, 2.45) is 0 Å². The predicted octanol–water partition coefficient (Wildman–Crippen LogP) is 11.6. The highest BCUT2D eigenvalue weighted by Crippen LogP contribution is 2.49. The molecule has 0 saturated heterocycles. The zero-order valence-electron chi connectivity index (χ0n) is 26.1. The average Bonchev–Trinajstić information content (AvgIpc) is 3.65. The first-order valence-electron chi connectivity index (χ1n) is 15.9. The Morgan fingerprint density at radius 3 is 2.29 bits per heavy atom. The molecule has 0 radical (unpaired) electrons. The Bertz CT molecular complexity index is 2530. The summed E-state index contributed by atoms with van der Waals surface area (Å²) < 4.78 is 2.44. The van der Waals surface area contributed by atoms with Crippen molar-refractivity contribution in [2.45, 2.75) is 33.1 Å². The van der Waals surface area contributed by atoms with Crippen LogP contribution >= 0.6 is 0 Å². The summed E-state index contributed by atoms with van der Waals surface area (Å²) in [5.74, 6) is 0. The number of aromatic nitrogens is 2. The van der Waals surface area contributed by atoms with Gasteiger partial charge in [-0.2, -0.15) is 0 Å². The quantitative estimate of drug-likeness (QED) is 0.215. The monoisotopic (exact) mass is 578 g/mol. The second-order valence-corrected chi connectivity index (χ2v) is 13.2. The van der Waals surface area contributed by atoms with Gasteiger partial charge in [0, 0.05) is 44.0 Å². The van der Waals surface area contributed by atoms with E-state index in [2.05, 4.69) is 165 Å². The van der Waals surface area contributed by atoms with E-state index in [-0.39, 0.29) is 5.41 Å². The molecule has 9 rings (SSSR count). The molecule has 0 aliphatic heterocycles. The largest absolute Gasteiger partial charge is 0.358 e. The Balaban J connectivity index is 1.22. The fraction of sp³-hybridized carbons (Fsp3) is 0.116. The number of aryl methyl sites for hydroxylation is 1. The van der Waals surface area contributed by atoms with Crippen LogP contribution in [-0.4, -0.2) is 9.55 Å². The first-order valence-corrected chi connectivity index (χ1v) is 15.9. The average molecular weight is 579 g/mol. The number of H-pyrrole nitrogens is 1. The minimum atomic E-state index is -0.000519. The number of fused-ring (bicyclic) bond motifs is 9. The highest BCUT2D eigenvalue weighted by atomic mass is 15.0. The van der Waals surface area contributed by atoms with E-state index < -0.39 is 0 Å². The summed E-state index contributed by atoms with van der Waals surface area (Å²) in [6.07, 6.45) is 2.36. The molecule has 45 heavy (non-hydrogen) atoms. The first kappa shape index (κ1) is 26.1. The van der Waals surface area contributed by atoms with E-state index in [0.717, 1.165) is 0 Å². The fourth-order valence-corrected chi connectivity index (χ4v) is 7.95. The Kier molecular flexibility index (Phi) is 5.41. The summed E-state index contributed by atoms with van der Waals surface area (Å²) in [5.41, 5.74) is 15.3. The summed E-state index contributed by atoms with van der Waals surface area (Å²) in [6, 6.07) is 44.8. The van der Waals surface area contributed by atoms with E-state index in [0.29, 0.717) is 0 Å². The number of nitrogens with zero attached hydrogens (tertiary/aromatic N) is 1. The number of aromatic amines is 1. The summed E-state index contributed by atoms with van der Waals surface area (Å²) >= 11 is 0. The van der Waals surface area contributed by atoms with E-state index in [1.807, 2.05) is 0 Å². The molecule has 1 N–H and O–H groups in total. The third kappa shape index (κ3) is 3.69. The van der Waals surface area contributed by atoms with Crippen molar-refractivity contribution in [2.75, 3.05) is 0 Å². The van der Waals surface area contributed by atoms with E-state index >= 15 is 0 Å². The molecule has 8 aromatic rings. The van der Waals surface area contributed by atoms with Gasteiger partial charge in [0.15, 0.2) is 0 Å². The number of hydrogen-bond donors (Lipinski definition) is 1. The van der Waals surface area contributed by atoms with Gasteiger partial charge in [-0.05, 0) is 100 Å². The van der Waals surface area contributed by atoms with Gasteiger partial charge in [-0.25, -0.2) is 0 Å². The molecule has 2 heterocycles. The highest BCUT2D eigenvalue weighted by molar-refractivity contribution is 6.13. The topological polar surface area (TPSA) is 20.7 Å². The molecule has 216 valence electrons. The van der Waals surface area contributed by atoms with E-state index in [1.165, 1.54) is 93.8 Å². The van der Waals surface area contributed by atoms with E-state index in [1.54, 1.807) is 0 Å². The van der Waals surface area contributed by atoms with Crippen LogP contribution in [0.4, 0.5) is 0 Å². The van der Waals surface area contributed by atoms with Crippen LogP contribution in [0.1, 0.15) is 48.7 Å². The molecule has 2 nitrogen and oxygen atoms in total. The number of allylic oxidation sites excluding steroid dienone is 1. The van der Waals surface area contributed by atoms with Crippen LogP contribution in [0.2, 0.25) is 0 Å². The fourth-order valence-electron chi connectivity index (χ4n) is 7.95. The molecule has 0 fully saturated rings. The smallest absolute Gasteiger partial charge is 0.0541 e. The molecular weight excluding hydrogens is 544 g/mol. The van der Waals surface area contributed by atoms with Gasteiger partial charge in [0.2, 0.25) is 0 Å². The maximum atomic E-state index is 3.63. The van der Waals surface area contributed by atoms with Gasteiger partial charge in [0.25, 0.3) is 0 Å². The van der Waals surface area contributed by atoms with Crippen molar-refractivity contribution in [1.82, 2.24) is 9.55 Å². The van der Waals surface area contributed by atoms with Gasteiger partial charge in [0.05, 0.1) is 11.0 Å². The number of rotatable bonds is 3.